The van der Waals surface area contributed by atoms with Crippen LogP contribution in [0.1, 0.15) is 0 Å². The van der Waals surface area contributed by atoms with Gasteiger partial charge in [-0.05, 0) is 24.3 Å². The van der Waals surface area contributed by atoms with Gasteiger partial charge in [0.1, 0.15) is 12.3 Å². The molecule has 0 bridgehead atoms. The van der Waals surface area contributed by atoms with E-state index < -0.39 is 12.3 Å². The van der Waals surface area contributed by atoms with Crippen LogP contribution in [0.15, 0.2) is 53.5 Å². The van der Waals surface area contributed by atoms with Crippen LogP contribution < -0.4 is 15.5 Å². The lowest BCUT2D eigenvalue weighted by molar-refractivity contribution is -0.274. The number of aromatic nitrogens is 3. The molecule has 0 unspecified atom stereocenters. The maximum atomic E-state index is 12.4. The number of nitrogens with one attached hydrogen (secondary N) is 1. The largest absolute Gasteiger partial charge is 0.573 e. The maximum Gasteiger partial charge on any atom is 0.573 e. The number of benzene rings is 2. The molecule has 2 heterocycles. The van der Waals surface area contributed by atoms with E-state index in [4.69, 9.17) is 0 Å². The van der Waals surface area contributed by atoms with Crippen LogP contribution in [0.5, 0.6) is 5.75 Å². The van der Waals surface area contributed by atoms with Crippen LogP contribution >= 0.6 is 11.3 Å². The van der Waals surface area contributed by atoms with Crippen molar-refractivity contribution in [1.29, 1.82) is 0 Å². The Kier molecular flexibility index (Phi) is 4.66. The molecule has 11 heteroatoms. The van der Waals surface area contributed by atoms with E-state index in [2.05, 4.69) is 20.1 Å². The average Bonchev–Trinajstić information content (AvgIpc) is 3.04. The van der Waals surface area contributed by atoms with Crippen LogP contribution in [0.4, 0.5) is 18.3 Å². The third-order valence-electron chi connectivity index (χ3n) is 3.90. The molecule has 7 nitrogen and oxygen atoms in total. The molecule has 0 radical (unpaired) electrons. The molecule has 0 saturated carbocycles. The van der Waals surface area contributed by atoms with Crippen molar-refractivity contribution in [3.63, 3.8) is 0 Å². The summed E-state index contributed by atoms with van der Waals surface area (Å²) in [6, 6.07) is 10.5. The highest BCUT2D eigenvalue weighted by Crippen LogP contribution is 2.31. The molecule has 29 heavy (non-hydrogen) atoms. The fraction of sp³-hybridized carbons (Fsp3) is 0.111. The lowest BCUT2D eigenvalue weighted by Crippen LogP contribution is -2.22. The molecule has 0 aliphatic rings. The molecule has 1 N–H and O–H groups in total. The van der Waals surface area contributed by atoms with Gasteiger partial charge in [0.05, 0.1) is 21.9 Å². The second kappa shape index (κ2) is 7.17. The number of amides is 1. The Balaban J connectivity index is 1.54. The standard InChI is InChI=1S/C18H11F3N4O3S/c19-18(20,21)28-10-5-6-12-15(7-10)29-17(23-12)24-16(27)9-25-13-4-2-1-3-11(13)14(26)8-22-25/h1-8H,9H2,(H,23,24,27). The molecular weight excluding hydrogens is 409 g/mol. The highest BCUT2D eigenvalue weighted by molar-refractivity contribution is 7.22. The monoisotopic (exact) mass is 420 g/mol. The second-order valence-electron chi connectivity index (χ2n) is 5.93. The van der Waals surface area contributed by atoms with Crippen molar-refractivity contribution in [1.82, 2.24) is 14.8 Å². The Morgan fingerprint density at radius 1 is 1.21 bits per heavy atom. The summed E-state index contributed by atoms with van der Waals surface area (Å²) in [5.74, 6) is -0.812. The first-order valence-electron chi connectivity index (χ1n) is 8.19. The van der Waals surface area contributed by atoms with E-state index in [1.165, 1.54) is 16.8 Å². The van der Waals surface area contributed by atoms with E-state index in [1.54, 1.807) is 24.3 Å². The van der Waals surface area contributed by atoms with Gasteiger partial charge < -0.3 is 10.1 Å². The minimum Gasteiger partial charge on any atom is -0.406 e. The minimum atomic E-state index is -4.79. The lowest BCUT2D eigenvalue weighted by Gasteiger charge is -2.08. The number of fused-ring (bicyclic) bond motifs is 2. The van der Waals surface area contributed by atoms with Crippen molar-refractivity contribution in [2.45, 2.75) is 12.9 Å². The van der Waals surface area contributed by atoms with E-state index in [0.29, 0.717) is 21.1 Å². The summed E-state index contributed by atoms with van der Waals surface area (Å²) in [6.07, 6.45) is -3.66. The van der Waals surface area contributed by atoms with E-state index >= 15 is 0 Å². The van der Waals surface area contributed by atoms with Crippen LogP contribution in [0, 0.1) is 0 Å². The first-order valence-corrected chi connectivity index (χ1v) is 9.01. The number of thiazole rings is 1. The van der Waals surface area contributed by atoms with Crippen LogP contribution in [-0.2, 0) is 11.3 Å². The number of hydrogen-bond acceptors (Lipinski definition) is 6. The normalized spacial score (nSPS) is 11.7. The van der Waals surface area contributed by atoms with Crippen LogP contribution in [0.2, 0.25) is 0 Å². The quantitative estimate of drug-likeness (QED) is 0.546. The highest BCUT2D eigenvalue weighted by Gasteiger charge is 2.31. The van der Waals surface area contributed by atoms with Gasteiger partial charge in [0, 0.05) is 11.5 Å². The topological polar surface area (TPSA) is 86.1 Å². The van der Waals surface area contributed by atoms with Crippen molar-refractivity contribution < 1.29 is 22.7 Å². The molecule has 0 spiro atoms. The van der Waals surface area contributed by atoms with Gasteiger partial charge >= 0.3 is 6.36 Å². The molecule has 0 fully saturated rings. The first-order chi connectivity index (χ1) is 13.8. The third kappa shape index (κ3) is 4.19. The Labute approximate surface area is 164 Å². The summed E-state index contributed by atoms with van der Waals surface area (Å²) in [7, 11) is 0. The summed E-state index contributed by atoms with van der Waals surface area (Å²) in [4.78, 5) is 28.4. The second-order valence-corrected chi connectivity index (χ2v) is 6.96. The summed E-state index contributed by atoms with van der Waals surface area (Å²) < 4.78 is 42.7. The maximum absolute atomic E-state index is 12.4. The van der Waals surface area contributed by atoms with Gasteiger partial charge in [-0.25, -0.2) is 4.98 Å². The van der Waals surface area contributed by atoms with Crippen LogP contribution in [0.3, 0.4) is 0 Å². The van der Waals surface area contributed by atoms with Crippen molar-refractivity contribution >= 4 is 43.5 Å². The summed E-state index contributed by atoms with van der Waals surface area (Å²) in [5, 5.41) is 7.23. The molecule has 4 rings (SSSR count). The number of halogens is 3. The van der Waals surface area contributed by atoms with Crippen molar-refractivity contribution in [2.75, 3.05) is 5.32 Å². The number of anilines is 1. The number of carbonyl (C=O) groups is 1. The van der Waals surface area contributed by atoms with E-state index in [1.807, 2.05) is 0 Å². The SMILES string of the molecule is O=C(Cn1ncc(=O)c2ccccc21)Nc1nc2ccc(OC(F)(F)F)cc2s1. The zero-order valence-electron chi connectivity index (χ0n) is 14.4. The Bertz CT molecular complexity index is 1280. The number of para-hydroxylation sites is 1. The smallest absolute Gasteiger partial charge is 0.406 e. The molecule has 2 aromatic heterocycles. The van der Waals surface area contributed by atoms with Gasteiger partial charge in [0.2, 0.25) is 11.3 Å². The zero-order chi connectivity index (χ0) is 20.6. The fourth-order valence-electron chi connectivity index (χ4n) is 2.74. The van der Waals surface area contributed by atoms with Crippen molar-refractivity contribution in [3.05, 3.63) is 58.9 Å². The van der Waals surface area contributed by atoms with Crippen molar-refractivity contribution in [2.24, 2.45) is 0 Å². The lowest BCUT2D eigenvalue weighted by atomic mass is 10.2. The van der Waals surface area contributed by atoms with Gasteiger partial charge in [0.25, 0.3) is 0 Å². The van der Waals surface area contributed by atoms with Gasteiger partial charge in [-0.3, -0.25) is 14.3 Å². The number of hydrogen-bond donors (Lipinski definition) is 1. The van der Waals surface area contributed by atoms with Gasteiger partial charge in [-0.15, -0.1) is 13.2 Å². The molecule has 2 aromatic carbocycles. The predicted molar refractivity (Wildman–Crippen MR) is 101 cm³/mol. The van der Waals surface area contributed by atoms with Gasteiger partial charge in [-0.2, -0.15) is 5.10 Å². The highest BCUT2D eigenvalue weighted by atomic mass is 32.1. The van der Waals surface area contributed by atoms with E-state index in [-0.39, 0.29) is 22.9 Å². The number of carbonyl (C=O) groups excluding carboxylic acids is 1. The molecule has 148 valence electrons. The first kappa shape index (κ1) is 18.9. The van der Waals surface area contributed by atoms with Crippen LogP contribution in [-0.4, -0.2) is 27.0 Å². The number of ether oxygens (including phenoxy) is 1. The molecule has 0 saturated heterocycles. The zero-order valence-corrected chi connectivity index (χ0v) is 15.3. The molecule has 0 aliphatic heterocycles. The average molecular weight is 420 g/mol. The van der Waals surface area contributed by atoms with Crippen LogP contribution in [0.25, 0.3) is 21.1 Å². The molecule has 4 aromatic rings. The Morgan fingerprint density at radius 3 is 2.79 bits per heavy atom. The van der Waals surface area contributed by atoms with E-state index in [0.717, 1.165) is 23.6 Å². The summed E-state index contributed by atoms with van der Waals surface area (Å²) in [6.45, 7) is -0.168. The Morgan fingerprint density at radius 2 is 2.00 bits per heavy atom. The molecule has 1 amide bonds. The van der Waals surface area contributed by atoms with Gasteiger partial charge in [0.15, 0.2) is 5.13 Å². The number of nitrogens with zero attached hydrogens (tertiary/aromatic N) is 3. The Hall–Kier alpha value is -3.47. The third-order valence-corrected chi connectivity index (χ3v) is 4.83. The van der Waals surface area contributed by atoms with E-state index in [9.17, 15) is 22.8 Å². The fourth-order valence-corrected chi connectivity index (χ4v) is 3.65. The van der Waals surface area contributed by atoms with Gasteiger partial charge in [-0.1, -0.05) is 23.5 Å². The molecular formula is C18H11F3N4O3S. The predicted octanol–water partition coefficient (Wildman–Crippen LogP) is 3.54. The summed E-state index contributed by atoms with van der Waals surface area (Å²) in [5.41, 5.74) is 0.681. The number of alkyl halides is 3. The molecule has 0 atom stereocenters. The number of rotatable bonds is 4. The minimum absolute atomic E-state index is 0.168. The molecule has 0 aliphatic carbocycles. The summed E-state index contributed by atoms with van der Waals surface area (Å²) >= 11 is 1.01. The van der Waals surface area contributed by atoms with Crippen molar-refractivity contribution in [3.8, 4) is 5.75 Å².